The molecular weight excluding hydrogens is 104 g/mol. The van der Waals surface area contributed by atoms with E-state index in [4.69, 9.17) is 0 Å². The maximum atomic E-state index is 4.58. The van der Waals surface area contributed by atoms with Gasteiger partial charge in [-0.2, -0.15) is 0 Å². The Labute approximate surface area is 45.6 Å². The Bertz CT molecular complexity index is 249. The van der Waals surface area contributed by atoms with E-state index in [1.54, 1.807) is 0 Å². The first kappa shape index (κ1) is 3.78. The third-order valence-electron chi connectivity index (χ3n) is 1.07. The van der Waals surface area contributed by atoms with Crippen molar-refractivity contribution in [3.8, 4) is 0 Å². The summed E-state index contributed by atoms with van der Waals surface area (Å²) in [5.41, 5.74) is 1.65. The summed E-state index contributed by atoms with van der Waals surface area (Å²) in [6.45, 7) is 0. The Morgan fingerprint density at radius 3 is 1.62 bits per heavy atom. The van der Waals surface area contributed by atoms with Crippen LogP contribution in [0.25, 0.3) is 11.2 Å². The maximum absolute atomic E-state index is 4.58. The smallest absolute Gasteiger partial charge is 0.225 e. The first-order valence-corrected chi connectivity index (χ1v) is 2.40. The van der Waals surface area contributed by atoms with Gasteiger partial charge in [-0.3, -0.25) is 9.15 Å². The molecule has 0 unspecified atom stereocenters. The van der Waals surface area contributed by atoms with E-state index in [0.717, 1.165) is 11.2 Å². The Morgan fingerprint density at radius 1 is 0.875 bits per heavy atom. The zero-order chi connectivity index (χ0) is 5.40. The molecule has 1 aromatic heterocycles. The Hall–Kier alpha value is -1.18. The molecular formula is C6H4O2. The molecule has 8 heavy (non-hydrogen) atoms. The first-order valence-electron chi connectivity index (χ1n) is 2.40. The number of fused-ring (bicyclic) bond motifs is 1. The van der Waals surface area contributed by atoms with Crippen molar-refractivity contribution in [2.75, 3.05) is 0 Å². The number of hydrogen-bond donors (Lipinski definition) is 0. The summed E-state index contributed by atoms with van der Waals surface area (Å²) in [4.78, 5) is 0. The fraction of sp³-hybridized carbons (Fsp3) is 0. The second kappa shape index (κ2) is 1.15. The minimum Gasteiger partial charge on any atom is -0.286 e. The predicted molar refractivity (Wildman–Crippen MR) is 28.5 cm³/mol. The van der Waals surface area contributed by atoms with Crippen molar-refractivity contribution in [2.24, 2.45) is 0 Å². The van der Waals surface area contributed by atoms with Crippen molar-refractivity contribution >= 4 is 11.2 Å². The van der Waals surface area contributed by atoms with Crippen LogP contribution < -0.4 is 0 Å². The van der Waals surface area contributed by atoms with Crippen molar-refractivity contribution in [3.05, 3.63) is 24.3 Å². The van der Waals surface area contributed by atoms with Gasteiger partial charge in [-0.1, -0.05) is 12.1 Å². The molecule has 2 heteroatoms. The molecule has 2 rings (SSSR count). The molecule has 2 nitrogen and oxygen atoms in total. The summed E-state index contributed by atoms with van der Waals surface area (Å²) in [6, 6.07) is 7.53. The normalized spacial score (nSPS) is 10.5. The van der Waals surface area contributed by atoms with E-state index in [1.165, 1.54) is 0 Å². The molecule has 2 aromatic rings. The van der Waals surface area contributed by atoms with Crippen LogP contribution in [0.15, 0.2) is 33.4 Å². The lowest BCUT2D eigenvalue weighted by Crippen LogP contribution is -1.70. The highest BCUT2D eigenvalue weighted by molar-refractivity contribution is 5.69. The highest BCUT2D eigenvalue weighted by atomic mass is 17.0. The Kier molecular flexibility index (Phi) is 0.545. The van der Waals surface area contributed by atoms with Crippen LogP contribution in [0, 0.1) is 0 Å². The molecule has 1 heterocycles. The summed E-state index contributed by atoms with van der Waals surface area (Å²) in [7, 11) is 0. The molecule has 0 saturated heterocycles. The SMILES string of the molecule is c1ccc2ooc2c1. The van der Waals surface area contributed by atoms with Gasteiger partial charge in [0.15, 0.2) is 0 Å². The van der Waals surface area contributed by atoms with Crippen LogP contribution in [0.5, 0.6) is 0 Å². The Morgan fingerprint density at radius 2 is 1.38 bits per heavy atom. The van der Waals surface area contributed by atoms with Crippen LogP contribution in [-0.4, -0.2) is 0 Å². The van der Waals surface area contributed by atoms with E-state index in [9.17, 15) is 0 Å². The van der Waals surface area contributed by atoms with Crippen LogP contribution in [0.1, 0.15) is 0 Å². The molecule has 0 aliphatic carbocycles. The van der Waals surface area contributed by atoms with Gasteiger partial charge in [-0.05, 0) is 12.1 Å². The third-order valence-corrected chi connectivity index (χ3v) is 1.07. The van der Waals surface area contributed by atoms with E-state index in [-0.39, 0.29) is 0 Å². The lowest BCUT2D eigenvalue weighted by atomic mass is 10.3. The third kappa shape index (κ3) is 0.320. The maximum Gasteiger partial charge on any atom is 0.225 e. The predicted octanol–water partition coefficient (Wildman–Crippen LogP) is 2.03. The van der Waals surface area contributed by atoms with E-state index in [2.05, 4.69) is 9.15 Å². The van der Waals surface area contributed by atoms with Crippen LogP contribution in [-0.2, 0) is 0 Å². The molecule has 1 aromatic carbocycles. The standard InChI is InChI=1S/C6H4O2/c1-2-4-6-5(3-1)7-8-6/h1-4H. The second-order valence-corrected chi connectivity index (χ2v) is 1.61. The lowest BCUT2D eigenvalue weighted by molar-refractivity contribution is 0.0589. The molecule has 0 amide bonds. The zero-order valence-electron chi connectivity index (χ0n) is 4.13. The van der Waals surface area contributed by atoms with Gasteiger partial charge in [0.1, 0.15) is 0 Å². The van der Waals surface area contributed by atoms with Crippen LogP contribution in [0.3, 0.4) is 0 Å². The summed E-state index contributed by atoms with van der Waals surface area (Å²) < 4.78 is 9.15. The quantitative estimate of drug-likeness (QED) is 0.482. The molecule has 40 valence electrons. The van der Waals surface area contributed by atoms with E-state index in [0.29, 0.717) is 0 Å². The minimum absolute atomic E-state index is 0.826. The summed E-state index contributed by atoms with van der Waals surface area (Å²) in [5.74, 6) is 0. The molecule has 0 aliphatic heterocycles. The summed E-state index contributed by atoms with van der Waals surface area (Å²) in [5, 5.41) is 0. The van der Waals surface area contributed by atoms with E-state index >= 15 is 0 Å². The average molecular weight is 108 g/mol. The van der Waals surface area contributed by atoms with E-state index < -0.39 is 0 Å². The van der Waals surface area contributed by atoms with Gasteiger partial charge < -0.3 is 0 Å². The van der Waals surface area contributed by atoms with Crippen LogP contribution >= 0.6 is 0 Å². The van der Waals surface area contributed by atoms with Crippen molar-refractivity contribution in [1.29, 1.82) is 0 Å². The van der Waals surface area contributed by atoms with Crippen LogP contribution in [0.2, 0.25) is 0 Å². The fourth-order valence-electron chi connectivity index (χ4n) is 0.644. The van der Waals surface area contributed by atoms with Gasteiger partial charge in [-0.25, -0.2) is 0 Å². The van der Waals surface area contributed by atoms with Gasteiger partial charge in [0, 0.05) is 0 Å². The summed E-state index contributed by atoms with van der Waals surface area (Å²) >= 11 is 0. The minimum atomic E-state index is 0.826. The van der Waals surface area contributed by atoms with E-state index in [1.807, 2.05) is 24.3 Å². The summed E-state index contributed by atoms with van der Waals surface area (Å²) in [6.07, 6.45) is 0. The highest BCUT2D eigenvalue weighted by Gasteiger charge is 1.97. The lowest BCUT2D eigenvalue weighted by Gasteiger charge is -1.92. The highest BCUT2D eigenvalue weighted by Crippen LogP contribution is 2.15. The van der Waals surface area contributed by atoms with Crippen LogP contribution in [0.4, 0.5) is 0 Å². The van der Waals surface area contributed by atoms with Gasteiger partial charge >= 0.3 is 0 Å². The molecule has 0 N–H and O–H groups in total. The average Bonchev–Trinajstić information content (AvgIpc) is 1.72. The molecule has 0 saturated carbocycles. The molecule has 0 fully saturated rings. The van der Waals surface area contributed by atoms with Crippen molar-refractivity contribution in [1.82, 2.24) is 0 Å². The van der Waals surface area contributed by atoms with Gasteiger partial charge in [0.05, 0.1) is 0 Å². The zero-order valence-corrected chi connectivity index (χ0v) is 4.13. The van der Waals surface area contributed by atoms with Crippen molar-refractivity contribution in [2.45, 2.75) is 0 Å². The number of benzene rings is 1. The number of hydrogen-bond acceptors (Lipinski definition) is 2. The molecule has 0 bridgehead atoms. The largest absolute Gasteiger partial charge is 0.286 e. The first-order chi connectivity index (χ1) is 3.97. The number of rotatable bonds is 0. The number of para-hydroxylation sites is 2. The van der Waals surface area contributed by atoms with Gasteiger partial charge in [0.2, 0.25) is 11.2 Å². The van der Waals surface area contributed by atoms with Crippen molar-refractivity contribution < 1.29 is 9.15 Å². The molecule has 0 spiro atoms. The second-order valence-electron chi connectivity index (χ2n) is 1.61. The molecule has 0 aliphatic rings. The van der Waals surface area contributed by atoms with Crippen molar-refractivity contribution in [3.63, 3.8) is 0 Å². The topological polar surface area (TPSA) is 26.3 Å². The van der Waals surface area contributed by atoms with Gasteiger partial charge in [0.25, 0.3) is 0 Å². The van der Waals surface area contributed by atoms with Gasteiger partial charge in [-0.15, -0.1) is 0 Å². The Balaban J connectivity index is 2.88. The monoisotopic (exact) mass is 108 g/mol. The molecule has 0 atom stereocenters. The molecule has 0 radical (unpaired) electrons. The fourth-order valence-corrected chi connectivity index (χ4v) is 0.644.